The first-order valence-electron chi connectivity index (χ1n) is 5.20. The fraction of sp³-hybridized carbons (Fsp3) is 1.00. The van der Waals surface area contributed by atoms with Crippen LogP contribution < -0.4 is 0 Å². The summed E-state index contributed by atoms with van der Waals surface area (Å²) in [6, 6.07) is 0.210. The van der Waals surface area contributed by atoms with E-state index in [-0.39, 0.29) is 12.1 Å². The molecule has 1 aliphatic carbocycles. The van der Waals surface area contributed by atoms with Crippen molar-refractivity contribution in [3.8, 4) is 0 Å². The second-order valence-electron chi connectivity index (χ2n) is 4.11. The van der Waals surface area contributed by atoms with Crippen LogP contribution in [0.5, 0.6) is 0 Å². The van der Waals surface area contributed by atoms with Crippen LogP contribution in [-0.4, -0.2) is 60.7 Å². The summed E-state index contributed by atoms with van der Waals surface area (Å²) in [7, 11) is 3.52. The molecule has 3 atom stereocenters. The Hall–Kier alpha value is -0.160. The lowest BCUT2D eigenvalue weighted by Gasteiger charge is -2.28. The largest absolute Gasteiger partial charge is 0.391 e. The van der Waals surface area contributed by atoms with Crippen LogP contribution in [0.1, 0.15) is 19.3 Å². The summed E-state index contributed by atoms with van der Waals surface area (Å²) in [5.41, 5.74) is 0. The Morgan fingerprint density at radius 3 is 2.71 bits per heavy atom. The SMILES string of the molecule is COCC(O)CN(C)[C@@H]1CCC[C@H]1O. The first-order chi connectivity index (χ1) is 6.65. The van der Waals surface area contributed by atoms with Crippen LogP contribution in [0.2, 0.25) is 0 Å². The molecule has 1 unspecified atom stereocenters. The molecule has 0 aromatic carbocycles. The highest BCUT2D eigenvalue weighted by atomic mass is 16.5. The number of methoxy groups -OCH3 is 1. The molecule has 14 heavy (non-hydrogen) atoms. The molecular formula is C10H21NO3. The van der Waals surface area contributed by atoms with E-state index in [4.69, 9.17) is 4.74 Å². The number of aliphatic hydroxyl groups is 2. The van der Waals surface area contributed by atoms with Gasteiger partial charge in [-0.1, -0.05) is 0 Å². The molecule has 0 heterocycles. The molecular weight excluding hydrogens is 182 g/mol. The number of hydrogen-bond donors (Lipinski definition) is 2. The lowest BCUT2D eigenvalue weighted by Crippen LogP contribution is -2.42. The first-order valence-corrected chi connectivity index (χ1v) is 5.20. The Morgan fingerprint density at radius 1 is 1.50 bits per heavy atom. The van der Waals surface area contributed by atoms with Gasteiger partial charge in [0.05, 0.1) is 18.8 Å². The molecule has 0 radical (unpaired) electrons. The summed E-state index contributed by atoms with van der Waals surface area (Å²) >= 11 is 0. The van der Waals surface area contributed by atoms with Crippen LogP contribution in [-0.2, 0) is 4.74 Å². The van der Waals surface area contributed by atoms with E-state index in [0.717, 1.165) is 19.3 Å². The van der Waals surface area contributed by atoms with Crippen molar-refractivity contribution in [2.75, 3.05) is 27.3 Å². The Balaban J connectivity index is 2.29. The smallest absolute Gasteiger partial charge is 0.0900 e. The van der Waals surface area contributed by atoms with Crippen molar-refractivity contribution in [3.63, 3.8) is 0 Å². The van der Waals surface area contributed by atoms with Gasteiger partial charge in [0, 0.05) is 19.7 Å². The minimum atomic E-state index is -0.460. The second-order valence-corrected chi connectivity index (χ2v) is 4.11. The van der Waals surface area contributed by atoms with E-state index in [0.29, 0.717) is 13.2 Å². The number of aliphatic hydroxyl groups excluding tert-OH is 2. The van der Waals surface area contributed by atoms with Gasteiger partial charge < -0.3 is 14.9 Å². The maximum atomic E-state index is 9.65. The lowest BCUT2D eigenvalue weighted by atomic mass is 10.2. The van der Waals surface area contributed by atoms with Gasteiger partial charge in [0.1, 0.15) is 0 Å². The van der Waals surface area contributed by atoms with Crippen LogP contribution >= 0.6 is 0 Å². The van der Waals surface area contributed by atoms with Gasteiger partial charge in [-0.15, -0.1) is 0 Å². The van der Waals surface area contributed by atoms with E-state index in [1.54, 1.807) is 7.11 Å². The van der Waals surface area contributed by atoms with Crippen LogP contribution in [0.25, 0.3) is 0 Å². The number of nitrogens with zero attached hydrogens (tertiary/aromatic N) is 1. The highest BCUT2D eigenvalue weighted by Crippen LogP contribution is 2.23. The number of ether oxygens (including phenoxy) is 1. The quantitative estimate of drug-likeness (QED) is 0.652. The van der Waals surface area contributed by atoms with E-state index in [1.807, 2.05) is 11.9 Å². The molecule has 1 fully saturated rings. The predicted molar refractivity (Wildman–Crippen MR) is 54.2 cm³/mol. The van der Waals surface area contributed by atoms with Gasteiger partial charge in [0.25, 0.3) is 0 Å². The molecule has 0 aromatic heterocycles. The first kappa shape index (κ1) is 11.9. The maximum absolute atomic E-state index is 9.65. The van der Waals surface area contributed by atoms with Crippen molar-refractivity contribution >= 4 is 0 Å². The molecule has 84 valence electrons. The van der Waals surface area contributed by atoms with Gasteiger partial charge in [0.15, 0.2) is 0 Å². The minimum Gasteiger partial charge on any atom is -0.391 e. The Bertz CT molecular complexity index is 165. The third-order valence-electron chi connectivity index (χ3n) is 2.87. The van der Waals surface area contributed by atoms with Crippen molar-refractivity contribution in [1.82, 2.24) is 4.90 Å². The molecule has 1 aliphatic rings. The van der Waals surface area contributed by atoms with E-state index in [2.05, 4.69) is 0 Å². The number of hydrogen-bond acceptors (Lipinski definition) is 4. The average Bonchev–Trinajstić information content (AvgIpc) is 2.51. The highest BCUT2D eigenvalue weighted by molar-refractivity contribution is 4.84. The van der Waals surface area contributed by atoms with E-state index in [1.165, 1.54) is 0 Å². The summed E-state index contributed by atoms with van der Waals surface area (Å²) < 4.78 is 4.85. The van der Waals surface area contributed by atoms with Crippen molar-refractivity contribution in [2.24, 2.45) is 0 Å². The highest BCUT2D eigenvalue weighted by Gasteiger charge is 2.29. The summed E-state index contributed by atoms with van der Waals surface area (Å²) in [5.74, 6) is 0. The lowest BCUT2D eigenvalue weighted by molar-refractivity contribution is 0.0157. The maximum Gasteiger partial charge on any atom is 0.0900 e. The Kier molecular flexibility index (Phi) is 4.81. The van der Waals surface area contributed by atoms with Gasteiger partial charge in [0.2, 0.25) is 0 Å². The topological polar surface area (TPSA) is 52.9 Å². The van der Waals surface area contributed by atoms with Crippen LogP contribution in [0.3, 0.4) is 0 Å². The molecule has 4 nitrogen and oxygen atoms in total. The van der Waals surface area contributed by atoms with Crippen LogP contribution in [0.15, 0.2) is 0 Å². The van der Waals surface area contributed by atoms with Crippen molar-refractivity contribution in [3.05, 3.63) is 0 Å². The Labute approximate surface area is 85.5 Å². The van der Waals surface area contributed by atoms with Gasteiger partial charge >= 0.3 is 0 Å². The Morgan fingerprint density at radius 2 is 2.21 bits per heavy atom. The minimum absolute atomic E-state index is 0.210. The molecule has 0 bridgehead atoms. The molecule has 0 aromatic rings. The normalized spacial score (nSPS) is 29.8. The van der Waals surface area contributed by atoms with Gasteiger partial charge in [-0.05, 0) is 26.3 Å². The van der Waals surface area contributed by atoms with Gasteiger partial charge in [-0.3, -0.25) is 4.90 Å². The molecule has 0 aliphatic heterocycles. The van der Waals surface area contributed by atoms with Crippen LogP contribution in [0, 0.1) is 0 Å². The molecule has 4 heteroatoms. The van der Waals surface area contributed by atoms with E-state index < -0.39 is 6.10 Å². The van der Waals surface area contributed by atoms with Gasteiger partial charge in [-0.25, -0.2) is 0 Å². The molecule has 2 N–H and O–H groups in total. The fourth-order valence-corrected chi connectivity index (χ4v) is 2.15. The summed E-state index contributed by atoms with van der Waals surface area (Å²) in [6.45, 7) is 0.919. The standard InChI is InChI=1S/C10H21NO3/c1-11(6-8(12)7-14-2)9-4-3-5-10(9)13/h8-10,12-13H,3-7H2,1-2H3/t8?,9-,10-/m1/s1. The summed E-state index contributed by atoms with van der Waals surface area (Å²) in [6.07, 6.45) is 2.30. The molecule has 0 spiro atoms. The van der Waals surface area contributed by atoms with E-state index >= 15 is 0 Å². The zero-order valence-electron chi connectivity index (χ0n) is 9.02. The molecule has 0 saturated heterocycles. The van der Waals surface area contributed by atoms with Crippen molar-refractivity contribution in [1.29, 1.82) is 0 Å². The third-order valence-corrected chi connectivity index (χ3v) is 2.87. The van der Waals surface area contributed by atoms with Crippen molar-refractivity contribution in [2.45, 2.75) is 37.5 Å². The molecule has 1 saturated carbocycles. The second kappa shape index (κ2) is 5.66. The monoisotopic (exact) mass is 203 g/mol. The fourth-order valence-electron chi connectivity index (χ4n) is 2.15. The zero-order chi connectivity index (χ0) is 10.6. The van der Waals surface area contributed by atoms with Gasteiger partial charge in [-0.2, -0.15) is 0 Å². The third kappa shape index (κ3) is 3.20. The van der Waals surface area contributed by atoms with Crippen LogP contribution in [0.4, 0.5) is 0 Å². The molecule has 0 amide bonds. The number of rotatable bonds is 5. The predicted octanol–water partition coefficient (Wildman–Crippen LogP) is -0.161. The molecule has 1 rings (SSSR count). The van der Waals surface area contributed by atoms with E-state index in [9.17, 15) is 10.2 Å². The van der Waals surface area contributed by atoms with Crippen molar-refractivity contribution < 1.29 is 14.9 Å². The zero-order valence-corrected chi connectivity index (χ0v) is 9.02. The number of likely N-dealkylation sites (N-methyl/N-ethyl adjacent to an activating group) is 1. The average molecular weight is 203 g/mol. The summed E-state index contributed by atoms with van der Waals surface area (Å²) in [5, 5.41) is 19.2. The summed E-state index contributed by atoms with van der Waals surface area (Å²) in [4.78, 5) is 2.03.